The smallest absolute Gasteiger partial charge is 0.257 e. The molecule has 0 saturated carbocycles. The fourth-order valence-electron chi connectivity index (χ4n) is 3.22. The van der Waals surface area contributed by atoms with E-state index in [0.717, 1.165) is 45.4 Å². The SMILES string of the molecule is Cn1cc(C(=O)N2CCC(N3CCC(N)CC3)C2)cn1. The molecule has 2 N–H and O–H groups in total. The molecule has 0 bridgehead atoms. The Labute approximate surface area is 119 Å². The maximum atomic E-state index is 12.4. The molecule has 6 heteroatoms. The van der Waals surface area contributed by atoms with Crippen LogP contribution in [0, 0.1) is 0 Å². The van der Waals surface area contributed by atoms with Gasteiger partial charge in [-0.25, -0.2) is 0 Å². The van der Waals surface area contributed by atoms with Gasteiger partial charge in [0.1, 0.15) is 0 Å². The van der Waals surface area contributed by atoms with Gasteiger partial charge in [-0.15, -0.1) is 0 Å². The number of likely N-dealkylation sites (tertiary alicyclic amines) is 2. The summed E-state index contributed by atoms with van der Waals surface area (Å²) < 4.78 is 1.67. The molecule has 2 aliphatic heterocycles. The average molecular weight is 277 g/mol. The molecule has 3 rings (SSSR count). The van der Waals surface area contributed by atoms with Crippen molar-refractivity contribution in [3.05, 3.63) is 18.0 Å². The highest BCUT2D eigenvalue weighted by Gasteiger charge is 2.32. The minimum atomic E-state index is 0.106. The summed E-state index contributed by atoms with van der Waals surface area (Å²) in [6.45, 7) is 3.82. The zero-order valence-electron chi connectivity index (χ0n) is 12.0. The molecule has 1 atom stereocenters. The summed E-state index contributed by atoms with van der Waals surface area (Å²) in [5.74, 6) is 0.106. The van der Waals surface area contributed by atoms with E-state index < -0.39 is 0 Å². The molecule has 1 unspecified atom stereocenters. The Kier molecular flexibility index (Phi) is 3.76. The van der Waals surface area contributed by atoms with E-state index in [1.807, 2.05) is 11.9 Å². The third-order valence-corrected chi connectivity index (χ3v) is 4.49. The lowest BCUT2D eigenvalue weighted by Gasteiger charge is -2.34. The Hall–Kier alpha value is -1.40. The first-order valence-electron chi connectivity index (χ1n) is 7.41. The third-order valence-electron chi connectivity index (χ3n) is 4.49. The first kappa shape index (κ1) is 13.6. The Morgan fingerprint density at radius 2 is 2.05 bits per heavy atom. The normalized spacial score (nSPS) is 25.3. The summed E-state index contributed by atoms with van der Waals surface area (Å²) in [4.78, 5) is 16.8. The zero-order chi connectivity index (χ0) is 14.1. The lowest BCUT2D eigenvalue weighted by Crippen LogP contribution is -2.46. The van der Waals surface area contributed by atoms with Gasteiger partial charge in [-0.05, 0) is 32.4 Å². The van der Waals surface area contributed by atoms with Crippen molar-refractivity contribution in [1.82, 2.24) is 19.6 Å². The van der Waals surface area contributed by atoms with E-state index in [-0.39, 0.29) is 5.91 Å². The van der Waals surface area contributed by atoms with E-state index >= 15 is 0 Å². The molecule has 0 aromatic carbocycles. The highest BCUT2D eigenvalue weighted by molar-refractivity contribution is 5.93. The maximum Gasteiger partial charge on any atom is 0.257 e. The van der Waals surface area contributed by atoms with E-state index in [2.05, 4.69) is 10.00 Å². The monoisotopic (exact) mass is 277 g/mol. The van der Waals surface area contributed by atoms with Gasteiger partial charge < -0.3 is 10.6 Å². The maximum absolute atomic E-state index is 12.4. The van der Waals surface area contributed by atoms with Crippen molar-refractivity contribution >= 4 is 5.91 Å². The Morgan fingerprint density at radius 1 is 1.30 bits per heavy atom. The van der Waals surface area contributed by atoms with Crippen molar-refractivity contribution in [1.29, 1.82) is 0 Å². The second-order valence-corrected chi connectivity index (χ2v) is 5.97. The van der Waals surface area contributed by atoms with E-state index in [0.29, 0.717) is 17.6 Å². The third kappa shape index (κ3) is 2.71. The predicted molar refractivity (Wildman–Crippen MR) is 76.3 cm³/mol. The Morgan fingerprint density at radius 3 is 2.70 bits per heavy atom. The molecule has 1 aromatic rings. The number of nitrogens with zero attached hydrogens (tertiary/aromatic N) is 4. The van der Waals surface area contributed by atoms with Crippen LogP contribution in [0.25, 0.3) is 0 Å². The number of aromatic nitrogens is 2. The molecular formula is C14H23N5O. The summed E-state index contributed by atoms with van der Waals surface area (Å²) in [5.41, 5.74) is 6.64. The number of nitrogens with two attached hydrogens (primary N) is 1. The van der Waals surface area contributed by atoms with E-state index in [1.165, 1.54) is 0 Å². The predicted octanol–water partition coefficient (Wildman–Crippen LogP) is 0.0577. The second kappa shape index (κ2) is 5.54. The van der Waals surface area contributed by atoms with Crippen LogP contribution >= 0.6 is 0 Å². The summed E-state index contributed by atoms with van der Waals surface area (Å²) in [7, 11) is 1.83. The zero-order valence-corrected chi connectivity index (χ0v) is 12.0. The van der Waals surface area contributed by atoms with Gasteiger partial charge >= 0.3 is 0 Å². The summed E-state index contributed by atoms with van der Waals surface area (Å²) in [6.07, 6.45) is 6.66. The molecule has 0 spiro atoms. The molecule has 110 valence electrons. The molecule has 6 nitrogen and oxygen atoms in total. The van der Waals surface area contributed by atoms with Crippen LogP contribution in [0.5, 0.6) is 0 Å². The van der Waals surface area contributed by atoms with Gasteiger partial charge in [0.25, 0.3) is 5.91 Å². The topological polar surface area (TPSA) is 67.4 Å². The van der Waals surface area contributed by atoms with Crippen LogP contribution in [0.3, 0.4) is 0 Å². The van der Waals surface area contributed by atoms with Crippen LogP contribution in [-0.2, 0) is 7.05 Å². The number of carbonyl (C=O) groups excluding carboxylic acids is 1. The van der Waals surface area contributed by atoms with E-state index in [9.17, 15) is 4.79 Å². The molecule has 2 fully saturated rings. The molecule has 3 heterocycles. The molecular weight excluding hydrogens is 254 g/mol. The number of rotatable bonds is 2. The van der Waals surface area contributed by atoms with E-state index in [4.69, 9.17) is 5.73 Å². The minimum absolute atomic E-state index is 0.106. The van der Waals surface area contributed by atoms with Crippen molar-refractivity contribution in [2.24, 2.45) is 12.8 Å². The average Bonchev–Trinajstić information content (AvgIpc) is 3.08. The largest absolute Gasteiger partial charge is 0.337 e. The summed E-state index contributed by atoms with van der Waals surface area (Å²) in [6, 6.07) is 0.865. The second-order valence-electron chi connectivity index (χ2n) is 5.97. The first-order chi connectivity index (χ1) is 9.63. The number of aryl methyl sites for hydroxylation is 1. The van der Waals surface area contributed by atoms with Gasteiger partial charge in [0, 0.05) is 38.4 Å². The molecule has 2 saturated heterocycles. The number of piperidine rings is 1. The molecule has 2 aliphatic rings. The standard InChI is InChI=1S/C14H23N5O/c1-17-9-11(8-16-17)14(20)19-7-4-13(10-19)18-5-2-12(15)3-6-18/h8-9,12-13H,2-7,10,15H2,1H3. The lowest BCUT2D eigenvalue weighted by molar-refractivity contribution is 0.0769. The van der Waals surface area contributed by atoms with Crippen LogP contribution in [0.4, 0.5) is 0 Å². The van der Waals surface area contributed by atoms with Gasteiger partial charge in [0.05, 0.1) is 11.8 Å². The van der Waals surface area contributed by atoms with Gasteiger partial charge in [-0.3, -0.25) is 14.4 Å². The number of carbonyl (C=O) groups is 1. The molecule has 1 aromatic heterocycles. The Bertz CT molecular complexity index is 478. The van der Waals surface area contributed by atoms with Crippen LogP contribution in [0.1, 0.15) is 29.6 Å². The highest BCUT2D eigenvalue weighted by atomic mass is 16.2. The van der Waals surface area contributed by atoms with Crippen LogP contribution < -0.4 is 5.73 Å². The van der Waals surface area contributed by atoms with E-state index in [1.54, 1.807) is 17.1 Å². The molecule has 1 amide bonds. The van der Waals surface area contributed by atoms with Crippen molar-refractivity contribution in [3.8, 4) is 0 Å². The fraction of sp³-hybridized carbons (Fsp3) is 0.714. The highest BCUT2D eigenvalue weighted by Crippen LogP contribution is 2.21. The Balaban J connectivity index is 1.58. The number of hydrogen-bond donors (Lipinski definition) is 1. The van der Waals surface area contributed by atoms with Crippen molar-refractivity contribution in [2.45, 2.75) is 31.3 Å². The van der Waals surface area contributed by atoms with Crippen molar-refractivity contribution < 1.29 is 4.79 Å². The van der Waals surface area contributed by atoms with Gasteiger partial charge in [-0.2, -0.15) is 5.10 Å². The van der Waals surface area contributed by atoms with Crippen molar-refractivity contribution in [2.75, 3.05) is 26.2 Å². The lowest BCUT2D eigenvalue weighted by atomic mass is 10.0. The summed E-state index contributed by atoms with van der Waals surface area (Å²) >= 11 is 0. The fourth-order valence-corrected chi connectivity index (χ4v) is 3.22. The van der Waals surface area contributed by atoms with Crippen molar-refractivity contribution in [3.63, 3.8) is 0 Å². The molecule has 20 heavy (non-hydrogen) atoms. The molecule has 0 radical (unpaired) electrons. The minimum Gasteiger partial charge on any atom is -0.337 e. The van der Waals surface area contributed by atoms with Crippen LogP contribution in [-0.4, -0.2) is 63.8 Å². The quantitative estimate of drug-likeness (QED) is 0.830. The van der Waals surface area contributed by atoms with Crippen LogP contribution in [0.2, 0.25) is 0 Å². The van der Waals surface area contributed by atoms with Gasteiger partial charge in [0.15, 0.2) is 0 Å². The molecule has 0 aliphatic carbocycles. The van der Waals surface area contributed by atoms with Gasteiger partial charge in [-0.1, -0.05) is 0 Å². The number of amides is 1. The number of hydrogen-bond acceptors (Lipinski definition) is 4. The van der Waals surface area contributed by atoms with Crippen LogP contribution in [0.15, 0.2) is 12.4 Å². The van der Waals surface area contributed by atoms with Gasteiger partial charge in [0.2, 0.25) is 0 Å². The summed E-state index contributed by atoms with van der Waals surface area (Å²) in [5, 5.41) is 4.07. The first-order valence-corrected chi connectivity index (χ1v) is 7.41.